The average molecular weight is 225 g/mol. The third kappa shape index (κ3) is 2.12. The second-order valence-corrected chi connectivity index (χ2v) is 4.16. The number of fused-ring (bicyclic) bond motifs is 1. The number of aromatic amines is 1. The molecule has 2 aromatic heterocycles. The molecular formula is C8H11N5OS. The first kappa shape index (κ1) is 10.0. The molecule has 2 heterocycles. The highest BCUT2D eigenvalue weighted by atomic mass is 32.1. The molecule has 0 bridgehead atoms. The standard InChI is InChI=1S/C8H11N5OS/c1-4(2)3-9-6-5-7(13-15-12-5)11-8(14)10-6/h4H,3H2,1-2H3,(H2,9,10,11,13,14). The number of nitrogens with one attached hydrogen (secondary N) is 2. The van der Waals surface area contributed by atoms with Crippen LogP contribution in [0.2, 0.25) is 0 Å². The van der Waals surface area contributed by atoms with Crippen molar-refractivity contribution >= 4 is 28.7 Å². The first-order valence-electron chi connectivity index (χ1n) is 4.63. The molecule has 6 nitrogen and oxygen atoms in total. The molecule has 0 unspecified atom stereocenters. The molecule has 0 atom stereocenters. The normalized spacial score (nSPS) is 11.1. The molecule has 15 heavy (non-hydrogen) atoms. The fraction of sp³-hybridized carbons (Fsp3) is 0.500. The molecule has 0 fully saturated rings. The molecule has 2 rings (SSSR count). The Kier molecular flexibility index (Phi) is 2.63. The van der Waals surface area contributed by atoms with E-state index in [0.717, 1.165) is 18.3 Å². The van der Waals surface area contributed by atoms with Crippen LogP contribution in [0.4, 0.5) is 5.82 Å². The molecular weight excluding hydrogens is 214 g/mol. The fourth-order valence-corrected chi connectivity index (χ4v) is 1.64. The molecule has 7 heteroatoms. The van der Waals surface area contributed by atoms with Gasteiger partial charge in [-0.3, -0.25) is 4.98 Å². The molecule has 2 N–H and O–H groups in total. The van der Waals surface area contributed by atoms with Gasteiger partial charge >= 0.3 is 5.69 Å². The van der Waals surface area contributed by atoms with Crippen LogP contribution in [0.5, 0.6) is 0 Å². The van der Waals surface area contributed by atoms with Gasteiger partial charge in [0.1, 0.15) is 0 Å². The number of H-pyrrole nitrogens is 1. The van der Waals surface area contributed by atoms with E-state index in [1.165, 1.54) is 0 Å². The molecule has 0 radical (unpaired) electrons. The summed E-state index contributed by atoms with van der Waals surface area (Å²) in [4.78, 5) is 17.5. The highest BCUT2D eigenvalue weighted by Crippen LogP contribution is 2.14. The van der Waals surface area contributed by atoms with Gasteiger partial charge in [0.15, 0.2) is 17.0 Å². The van der Waals surface area contributed by atoms with E-state index in [9.17, 15) is 4.79 Å². The van der Waals surface area contributed by atoms with E-state index >= 15 is 0 Å². The van der Waals surface area contributed by atoms with Crippen LogP contribution in [-0.4, -0.2) is 25.3 Å². The van der Waals surface area contributed by atoms with Gasteiger partial charge in [-0.2, -0.15) is 13.7 Å². The maximum absolute atomic E-state index is 11.2. The molecule has 0 aliphatic heterocycles. The minimum atomic E-state index is -0.401. The minimum Gasteiger partial charge on any atom is -0.368 e. The predicted octanol–water partition coefficient (Wildman–Crippen LogP) is 0.843. The number of anilines is 1. The maximum atomic E-state index is 11.2. The summed E-state index contributed by atoms with van der Waals surface area (Å²) in [7, 11) is 0. The zero-order valence-corrected chi connectivity index (χ0v) is 9.26. The minimum absolute atomic E-state index is 0.401. The summed E-state index contributed by atoms with van der Waals surface area (Å²) in [5.74, 6) is 0.990. The fourth-order valence-electron chi connectivity index (χ4n) is 1.13. The molecule has 0 spiro atoms. The molecule has 0 amide bonds. The van der Waals surface area contributed by atoms with E-state index in [1.54, 1.807) is 0 Å². The summed E-state index contributed by atoms with van der Waals surface area (Å²) in [5.41, 5.74) is 0.716. The summed E-state index contributed by atoms with van der Waals surface area (Å²) in [6.07, 6.45) is 0. The highest BCUT2D eigenvalue weighted by Gasteiger charge is 2.08. The molecule has 0 aromatic carbocycles. The molecule has 80 valence electrons. The summed E-state index contributed by atoms with van der Waals surface area (Å²) < 4.78 is 8.04. The topological polar surface area (TPSA) is 83.6 Å². The largest absolute Gasteiger partial charge is 0.368 e. The molecule has 0 aliphatic carbocycles. The molecule has 0 saturated carbocycles. The zero-order valence-electron chi connectivity index (χ0n) is 8.44. The predicted molar refractivity (Wildman–Crippen MR) is 59.2 cm³/mol. The Morgan fingerprint density at radius 1 is 1.47 bits per heavy atom. The molecule has 2 aromatic rings. The van der Waals surface area contributed by atoms with Crippen molar-refractivity contribution in [2.24, 2.45) is 5.92 Å². The smallest absolute Gasteiger partial charge is 0.348 e. The average Bonchev–Trinajstić information content (AvgIpc) is 2.61. The van der Waals surface area contributed by atoms with E-state index < -0.39 is 5.69 Å². The number of hydrogen-bond acceptors (Lipinski definition) is 6. The quantitative estimate of drug-likeness (QED) is 0.808. The lowest BCUT2D eigenvalue weighted by atomic mass is 10.2. The van der Waals surface area contributed by atoms with Crippen LogP contribution < -0.4 is 11.0 Å². The van der Waals surface area contributed by atoms with Crippen LogP contribution in [0, 0.1) is 5.92 Å². The van der Waals surface area contributed by atoms with Crippen LogP contribution in [0.3, 0.4) is 0 Å². The molecule has 0 aliphatic rings. The van der Waals surface area contributed by atoms with Gasteiger partial charge in [0, 0.05) is 6.54 Å². The van der Waals surface area contributed by atoms with E-state index in [2.05, 4.69) is 37.9 Å². The van der Waals surface area contributed by atoms with Crippen molar-refractivity contribution in [1.29, 1.82) is 0 Å². The van der Waals surface area contributed by atoms with Crippen molar-refractivity contribution < 1.29 is 0 Å². The van der Waals surface area contributed by atoms with Crippen LogP contribution in [0.15, 0.2) is 4.79 Å². The van der Waals surface area contributed by atoms with E-state index in [4.69, 9.17) is 0 Å². The van der Waals surface area contributed by atoms with Crippen molar-refractivity contribution in [2.45, 2.75) is 13.8 Å². The lowest BCUT2D eigenvalue weighted by molar-refractivity contribution is 0.687. The Labute approximate surface area is 90.1 Å². The highest BCUT2D eigenvalue weighted by molar-refractivity contribution is 7.00. The van der Waals surface area contributed by atoms with Gasteiger partial charge in [0.05, 0.1) is 11.7 Å². The van der Waals surface area contributed by atoms with Crippen LogP contribution in [-0.2, 0) is 0 Å². The van der Waals surface area contributed by atoms with Crippen LogP contribution in [0.1, 0.15) is 13.8 Å². The van der Waals surface area contributed by atoms with Gasteiger partial charge < -0.3 is 5.32 Å². The van der Waals surface area contributed by atoms with Gasteiger partial charge in [-0.25, -0.2) is 4.79 Å². The maximum Gasteiger partial charge on any atom is 0.348 e. The summed E-state index contributed by atoms with van der Waals surface area (Å²) in [6, 6.07) is 0. The number of nitrogens with zero attached hydrogens (tertiary/aromatic N) is 3. The Balaban J connectivity index is 2.40. The van der Waals surface area contributed by atoms with Gasteiger partial charge in [-0.15, -0.1) is 0 Å². The lowest BCUT2D eigenvalue weighted by Gasteiger charge is -2.06. The second kappa shape index (κ2) is 3.93. The summed E-state index contributed by atoms with van der Waals surface area (Å²) >= 11 is 1.06. The number of hydrogen-bond donors (Lipinski definition) is 2. The lowest BCUT2D eigenvalue weighted by Crippen LogP contribution is -2.16. The number of aromatic nitrogens is 4. The zero-order chi connectivity index (χ0) is 10.8. The summed E-state index contributed by atoms with van der Waals surface area (Å²) in [5, 5.41) is 3.09. The Morgan fingerprint density at radius 2 is 2.27 bits per heavy atom. The van der Waals surface area contributed by atoms with Crippen LogP contribution in [0.25, 0.3) is 11.2 Å². The first-order chi connectivity index (χ1) is 7.16. The molecule has 0 saturated heterocycles. The number of rotatable bonds is 3. The van der Waals surface area contributed by atoms with Crippen molar-refractivity contribution in [2.75, 3.05) is 11.9 Å². The van der Waals surface area contributed by atoms with Gasteiger partial charge in [-0.1, -0.05) is 13.8 Å². The van der Waals surface area contributed by atoms with Crippen molar-refractivity contribution in [3.8, 4) is 0 Å². The Hall–Kier alpha value is -1.50. The van der Waals surface area contributed by atoms with Crippen molar-refractivity contribution in [3.05, 3.63) is 10.5 Å². The van der Waals surface area contributed by atoms with Gasteiger partial charge in [0.2, 0.25) is 0 Å². The van der Waals surface area contributed by atoms with Gasteiger partial charge in [0.25, 0.3) is 0 Å². The third-order valence-corrected chi connectivity index (χ3v) is 2.36. The van der Waals surface area contributed by atoms with Crippen LogP contribution >= 0.6 is 11.7 Å². The Morgan fingerprint density at radius 3 is 3.00 bits per heavy atom. The SMILES string of the molecule is CC(C)CNc1nc(=O)[nH]c2nsnc12. The Bertz CT molecular complexity index is 517. The van der Waals surface area contributed by atoms with Gasteiger partial charge in [-0.05, 0) is 5.92 Å². The first-order valence-corrected chi connectivity index (χ1v) is 5.36. The van der Waals surface area contributed by atoms with E-state index in [0.29, 0.717) is 22.9 Å². The second-order valence-electron chi connectivity index (χ2n) is 3.63. The van der Waals surface area contributed by atoms with Crippen molar-refractivity contribution in [1.82, 2.24) is 18.7 Å². The summed E-state index contributed by atoms with van der Waals surface area (Å²) in [6.45, 7) is 4.91. The van der Waals surface area contributed by atoms with Crippen molar-refractivity contribution in [3.63, 3.8) is 0 Å². The third-order valence-electron chi connectivity index (χ3n) is 1.83. The monoisotopic (exact) mass is 225 g/mol. The van der Waals surface area contributed by atoms with E-state index in [1.807, 2.05) is 0 Å². The van der Waals surface area contributed by atoms with E-state index in [-0.39, 0.29) is 0 Å².